The summed E-state index contributed by atoms with van der Waals surface area (Å²) < 4.78 is 0. The highest BCUT2D eigenvalue weighted by molar-refractivity contribution is 5.98. The number of hydrogen-bond acceptors (Lipinski definition) is 3. The highest BCUT2D eigenvalue weighted by atomic mass is 16.2. The van der Waals surface area contributed by atoms with Gasteiger partial charge >= 0.3 is 0 Å². The second-order valence-electron chi connectivity index (χ2n) is 5.25. The first kappa shape index (κ1) is 13.6. The van der Waals surface area contributed by atoms with E-state index < -0.39 is 0 Å². The molecule has 0 atom stereocenters. The van der Waals surface area contributed by atoms with Crippen molar-refractivity contribution in [1.29, 1.82) is 0 Å². The van der Waals surface area contributed by atoms with Crippen LogP contribution >= 0.6 is 0 Å². The molecule has 4 heteroatoms. The minimum Gasteiger partial charge on any atom is -0.372 e. The quantitative estimate of drug-likeness (QED) is 0.920. The summed E-state index contributed by atoms with van der Waals surface area (Å²) in [6.45, 7) is 1.46. The second-order valence-corrected chi connectivity index (χ2v) is 5.25. The van der Waals surface area contributed by atoms with Gasteiger partial charge in [0.25, 0.3) is 5.91 Å². The molecule has 0 fully saturated rings. The molecule has 1 amide bonds. The maximum atomic E-state index is 12.8. The van der Waals surface area contributed by atoms with Gasteiger partial charge in [0.05, 0.1) is 5.56 Å². The summed E-state index contributed by atoms with van der Waals surface area (Å²) in [5.74, 6) is 0.684. The molecule has 0 saturated carbocycles. The van der Waals surface area contributed by atoms with Crippen molar-refractivity contribution in [1.82, 2.24) is 9.88 Å². The topological polar surface area (TPSA) is 45.2 Å². The van der Waals surface area contributed by atoms with Crippen molar-refractivity contribution in [3.63, 3.8) is 0 Å². The summed E-state index contributed by atoms with van der Waals surface area (Å²) in [4.78, 5) is 18.9. The van der Waals surface area contributed by atoms with E-state index in [1.54, 1.807) is 19.3 Å². The zero-order valence-electron chi connectivity index (χ0n) is 12.2. The number of anilines is 1. The van der Waals surface area contributed by atoms with Crippen molar-refractivity contribution in [2.75, 3.05) is 18.9 Å². The van der Waals surface area contributed by atoms with E-state index in [2.05, 4.69) is 28.5 Å². The molecule has 0 bridgehead atoms. The molecule has 1 aliphatic rings. The van der Waals surface area contributed by atoms with Gasteiger partial charge in [0, 0.05) is 26.3 Å². The Balaban J connectivity index is 1.88. The average Bonchev–Trinajstić information content (AvgIpc) is 2.76. The van der Waals surface area contributed by atoms with E-state index in [9.17, 15) is 4.79 Å². The van der Waals surface area contributed by atoms with Gasteiger partial charge in [-0.25, -0.2) is 4.98 Å². The fourth-order valence-corrected chi connectivity index (χ4v) is 2.82. The highest BCUT2D eigenvalue weighted by Crippen LogP contribution is 2.21. The lowest BCUT2D eigenvalue weighted by Crippen LogP contribution is -2.31. The number of pyridine rings is 1. The number of benzene rings is 1. The van der Waals surface area contributed by atoms with Crippen LogP contribution < -0.4 is 5.32 Å². The first-order valence-electron chi connectivity index (χ1n) is 7.28. The summed E-state index contributed by atoms with van der Waals surface area (Å²) in [7, 11) is 1.79. The first-order valence-corrected chi connectivity index (χ1v) is 7.28. The third kappa shape index (κ3) is 2.75. The van der Waals surface area contributed by atoms with E-state index >= 15 is 0 Å². The number of hydrogen-bond donors (Lipinski definition) is 1. The van der Waals surface area contributed by atoms with Crippen LogP contribution in [-0.2, 0) is 13.0 Å². The number of fused-ring (bicyclic) bond motifs is 1. The van der Waals surface area contributed by atoms with Crippen LogP contribution in [0.4, 0.5) is 5.82 Å². The predicted octanol–water partition coefficient (Wildman–Crippen LogP) is 2.71. The van der Waals surface area contributed by atoms with Crippen molar-refractivity contribution in [3.05, 3.63) is 59.3 Å². The third-order valence-electron chi connectivity index (χ3n) is 3.92. The molecule has 1 aromatic heterocycles. The molecule has 3 rings (SSSR count). The molecular weight excluding hydrogens is 262 g/mol. The first-order chi connectivity index (χ1) is 10.3. The van der Waals surface area contributed by atoms with Gasteiger partial charge in [-0.05, 0) is 36.1 Å². The van der Waals surface area contributed by atoms with Crippen LogP contribution in [-0.4, -0.2) is 29.4 Å². The van der Waals surface area contributed by atoms with Crippen LogP contribution in [0.5, 0.6) is 0 Å². The van der Waals surface area contributed by atoms with Crippen LogP contribution in [0.15, 0.2) is 42.6 Å². The zero-order valence-corrected chi connectivity index (χ0v) is 12.2. The minimum atomic E-state index is 0.0455. The molecule has 21 heavy (non-hydrogen) atoms. The Morgan fingerprint density at radius 1 is 1.19 bits per heavy atom. The standard InChI is InChI=1S/C17H19N3O/c1-18-16-15(9-4-10-19-16)17(21)20-11-5-8-13-6-2-3-7-14(13)12-20/h2-4,6-7,9-10H,5,8,11-12H2,1H3,(H,18,19). The van der Waals surface area contributed by atoms with E-state index in [4.69, 9.17) is 0 Å². The lowest BCUT2D eigenvalue weighted by atomic mass is 10.0. The molecule has 1 aromatic carbocycles. The summed E-state index contributed by atoms with van der Waals surface area (Å²) in [5.41, 5.74) is 3.24. The van der Waals surface area contributed by atoms with Gasteiger partial charge in [-0.1, -0.05) is 24.3 Å². The van der Waals surface area contributed by atoms with Gasteiger partial charge in [0.2, 0.25) is 0 Å². The maximum Gasteiger partial charge on any atom is 0.257 e. The lowest BCUT2D eigenvalue weighted by Gasteiger charge is -2.22. The molecule has 4 nitrogen and oxygen atoms in total. The lowest BCUT2D eigenvalue weighted by molar-refractivity contribution is 0.0746. The largest absolute Gasteiger partial charge is 0.372 e. The molecule has 0 aliphatic carbocycles. The van der Waals surface area contributed by atoms with Crippen LogP contribution in [0.25, 0.3) is 0 Å². The monoisotopic (exact) mass is 281 g/mol. The van der Waals surface area contributed by atoms with Crippen LogP contribution in [0, 0.1) is 0 Å². The summed E-state index contributed by atoms with van der Waals surface area (Å²) in [5, 5.41) is 2.99. The third-order valence-corrected chi connectivity index (χ3v) is 3.92. The number of rotatable bonds is 2. The van der Waals surface area contributed by atoms with Gasteiger partial charge in [-0.2, -0.15) is 0 Å². The average molecular weight is 281 g/mol. The minimum absolute atomic E-state index is 0.0455. The Kier molecular flexibility index (Phi) is 3.86. The Hall–Kier alpha value is -2.36. The summed E-state index contributed by atoms with van der Waals surface area (Å²) in [6, 6.07) is 12.0. The number of nitrogens with one attached hydrogen (secondary N) is 1. The fraction of sp³-hybridized carbons (Fsp3) is 0.294. The molecule has 1 aliphatic heterocycles. The van der Waals surface area contributed by atoms with Gasteiger partial charge in [-0.3, -0.25) is 4.79 Å². The smallest absolute Gasteiger partial charge is 0.257 e. The number of carbonyl (C=O) groups excluding carboxylic acids is 1. The molecule has 0 spiro atoms. The maximum absolute atomic E-state index is 12.8. The molecule has 0 unspecified atom stereocenters. The number of carbonyl (C=O) groups is 1. The SMILES string of the molecule is CNc1ncccc1C(=O)N1CCCc2ccccc2C1. The molecular formula is C17H19N3O. The van der Waals surface area contributed by atoms with Gasteiger partial charge < -0.3 is 10.2 Å². The van der Waals surface area contributed by atoms with E-state index in [0.717, 1.165) is 19.4 Å². The zero-order chi connectivity index (χ0) is 14.7. The number of amides is 1. The highest BCUT2D eigenvalue weighted by Gasteiger charge is 2.22. The van der Waals surface area contributed by atoms with Crippen molar-refractivity contribution in [3.8, 4) is 0 Å². The van der Waals surface area contributed by atoms with E-state index in [1.165, 1.54) is 11.1 Å². The van der Waals surface area contributed by atoms with Gasteiger partial charge in [0.15, 0.2) is 0 Å². The number of aromatic nitrogens is 1. The van der Waals surface area contributed by atoms with Crippen molar-refractivity contribution < 1.29 is 4.79 Å². The molecule has 1 N–H and O–H groups in total. The molecule has 0 saturated heterocycles. The molecule has 108 valence electrons. The Labute approximate surface area is 124 Å². The fourth-order valence-electron chi connectivity index (χ4n) is 2.82. The van der Waals surface area contributed by atoms with Crippen molar-refractivity contribution in [2.24, 2.45) is 0 Å². The van der Waals surface area contributed by atoms with E-state index in [0.29, 0.717) is 17.9 Å². The molecule has 2 aromatic rings. The number of nitrogens with zero attached hydrogens (tertiary/aromatic N) is 2. The van der Waals surface area contributed by atoms with Crippen LogP contribution in [0.3, 0.4) is 0 Å². The predicted molar refractivity (Wildman–Crippen MR) is 83.3 cm³/mol. The van der Waals surface area contributed by atoms with Crippen LogP contribution in [0.1, 0.15) is 27.9 Å². The van der Waals surface area contributed by atoms with Crippen molar-refractivity contribution >= 4 is 11.7 Å². The summed E-state index contributed by atoms with van der Waals surface area (Å²) in [6.07, 6.45) is 3.73. The van der Waals surface area contributed by atoms with Crippen LogP contribution in [0.2, 0.25) is 0 Å². The Morgan fingerprint density at radius 3 is 2.81 bits per heavy atom. The Bertz CT molecular complexity index is 654. The van der Waals surface area contributed by atoms with Gasteiger partial charge in [0.1, 0.15) is 5.82 Å². The van der Waals surface area contributed by atoms with Gasteiger partial charge in [-0.15, -0.1) is 0 Å². The number of aryl methyl sites for hydroxylation is 1. The molecule has 2 heterocycles. The normalized spacial score (nSPS) is 14.2. The van der Waals surface area contributed by atoms with E-state index in [-0.39, 0.29) is 5.91 Å². The van der Waals surface area contributed by atoms with E-state index in [1.807, 2.05) is 17.0 Å². The molecule has 0 radical (unpaired) electrons. The summed E-state index contributed by atoms with van der Waals surface area (Å²) >= 11 is 0. The Morgan fingerprint density at radius 2 is 2.00 bits per heavy atom. The second kappa shape index (κ2) is 5.95. The van der Waals surface area contributed by atoms with Crippen molar-refractivity contribution in [2.45, 2.75) is 19.4 Å².